The van der Waals surface area contributed by atoms with Gasteiger partial charge in [-0.05, 0) is 25.5 Å². The van der Waals surface area contributed by atoms with Gasteiger partial charge in [0, 0.05) is 24.2 Å². The molecule has 1 heterocycles. The molecule has 0 aliphatic carbocycles. The lowest BCUT2D eigenvalue weighted by molar-refractivity contribution is -0.0944. The van der Waals surface area contributed by atoms with Crippen LogP contribution in [0.25, 0.3) is 0 Å². The molecule has 0 saturated heterocycles. The van der Waals surface area contributed by atoms with E-state index in [0.717, 1.165) is 6.08 Å². The van der Waals surface area contributed by atoms with Crippen LogP contribution < -0.4 is 4.90 Å². The van der Waals surface area contributed by atoms with Crippen LogP contribution in [0.4, 0.5) is 23.2 Å². The molecule has 6 heteroatoms. The van der Waals surface area contributed by atoms with Crippen LogP contribution in [0, 0.1) is 5.82 Å². The second-order valence-corrected chi connectivity index (χ2v) is 4.62. The molecule has 1 aromatic carbocycles. The number of ketones is 1. The molecule has 0 atom stereocenters. The van der Waals surface area contributed by atoms with Gasteiger partial charge in [0.2, 0.25) is 0 Å². The summed E-state index contributed by atoms with van der Waals surface area (Å²) >= 11 is 0. The molecule has 0 radical (unpaired) electrons. The minimum absolute atomic E-state index is 0.0343. The molecule has 0 saturated carbocycles. The van der Waals surface area contributed by atoms with Crippen molar-refractivity contribution in [3.05, 3.63) is 41.2 Å². The number of carbonyl (C=O) groups excluding carboxylic acids is 1. The highest BCUT2D eigenvalue weighted by atomic mass is 19.4. The van der Waals surface area contributed by atoms with Crippen molar-refractivity contribution in [1.82, 2.24) is 0 Å². The van der Waals surface area contributed by atoms with Crippen LogP contribution in [0.2, 0.25) is 0 Å². The van der Waals surface area contributed by atoms with Crippen molar-refractivity contribution in [2.45, 2.75) is 19.5 Å². The van der Waals surface area contributed by atoms with E-state index in [1.807, 2.05) is 0 Å². The Bertz CT molecular complexity index is 563. The van der Waals surface area contributed by atoms with Gasteiger partial charge in [-0.1, -0.05) is 12.1 Å². The molecule has 2 nitrogen and oxygen atoms in total. The zero-order valence-corrected chi connectivity index (χ0v) is 10.8. The summed E-state index contributed by atoms with van der Waals surface area (Å²) in [6.07, 6.45) is -3.51. The van der Waals surface area contributed by atoms with Gasteiger partial charge in [-0.2, -0.15) is 13.2 Å². The predicted octanol–water partition coefficient (Wildman–Crippen LogP) is 3.73. The number of para-hydroxylation sites is 1. The standard InChI is InChI=1S/C14H13F4NO/c1-9(20)11-3-2-4-12(15)13(11)19-7-5-10(6-8-19)14(16,17)18/h2-5H,6-8H2,1H3. The van der Waals surface area contributed by atoms with Crippen molar-refractivity contribution in [2.24, 2.45) is 0 Å². The molecule has 0 aromatic heterocycles. The highest BCUT2D eigenvalue weighted by Crippen LogP contribution is 2.33. The molecule has 2 rings (SSSR count). The number of benzene rings is 1. The summed E-state index contributed by atoms with van der Waals surface area (Å²) in [4.78, 5) is 13.0. The van der Waals surface area contributed by atoms with E-state index in [0.29, 0.717) is 0 Å². The molecular formula is C14H13F4NO. The van der Waals surface area contributed by atoms with Crippen LogP contribution in [-0.4, -0.2) is 25.0 Å². The molecule has 108 valence electrons. The fourth-order valence-corrected chi connectivity index (χ4v) is 2.25. The molecule has 0 unspecified atom stereocenters. The average molecular weight is 287 g/mol. The zero-order chi connectivity index (χ0) is 14.9. The topological polar surface area (TPSA) is 20.3 Å². The van der Waals surface area contributed by atoms with E-state index in [-0.39, 0.29) is 36.5 Å². The molecule has 0 N–H and O–H groups in total. The molecule has 0 bridgehead atoms. The van der Waals surface area contributed by atoms with E-state index in [2.05, 4.69) is 0 Å². The second-order valence-electron chi connectivity index (χ2n) is 4.62. The van der Waals surface area contributed by atoms with Crippen molar-refractivity contribution in [1.29, 1.82) is 0 Å². The first kappa shape index (κ1) is 14.6. The van der Waals surface area contributed by atoms with Crippen molar-refractivity contribution < 1.29 is 22.4 Å². The Morgan fingerprint density at radius 3 is 2.50 bits per heavy atom. The van der Waals surface area contributed by atoms with Crippen LogP contribution in [0.5, 0.6) is 0 Å². The van der Waals surface area contributed by atoms with Crippen LogP contribution in [0.15, 0.2) is 29.8 Å². The van der Waals surface area contributed by atoms with Gasteiger partial charge < -0.3 is 4.90 Å². The van der Waals surface area contributed by atoms with E-state index >= 15 is 0 Å². The summed E-state index contributed by atoms with van der Waals surface area (Å²) in [5.41, 5.74) is -0.333. The van der Waals surface area contributed by atoms with Crippen LogP contribution in [-0.2, 0) is 0 Å². The highest BCUT2D eigenvalue weighted by molar-refractivity contribution is 5.99. The second kappa shape index (κ2) is 5.26. The smallest absolute Gasteiger partial charge is 0.365 e. The number of alkyl halides is 3. The van der Waals surface area contributed by atoms with Gasteiger partial charge >= 0.3 is 6.18 Å². The van der Waals surface area contributed by atoms with E-state index < -0.39 is 17.6 Å². The van der Waals surface area contributed by atoms with E-state index in [4.69, 9.17) is 0 Å². The Morgan fingerprint density at radius 1 is 1.30 bits per heavy atom. The molecule has 0 amide bonds. The van der Waals surface area contributed by atoms with Crippen LogP contribution >= 0.6 is 0 Å². The quantitative estimate of drug-likeness (QED) is 0.469. The third kappa shape index (κ3) is 2.84. The Kier molecular flexibility index (Phi) is 3.83. The average Bonchev–Trinajstić information content (AvgIpc) is 2.37. The van der Waals surface area contributed by atoms with Crippen molar-refractivity contribution in [3.8, 4) is 0 Å². The van der Waals surface area contributed by atoms with Crippen molar-refractivity contribution in [3.63, 3.8) is 0 Å². The van der Waals surface area contributed by atoms with Gasteiger partial charge in [0.1, 0.15) is 5.82 Å². The van der Waals surface area contributed by atoms with E-state index in [1.165, 1.54) is 30.0 Å². The first-order valence-electron chi connectivity index (χ1n) is 6.11. The third-order valence-corrected chi connectivity index (χ3v) is 3.26. The number of Topliss-reactive ketones (excluding diaryl/α,β-unsaturated/α-hetero) is 1. The SMILES string of the molecule is CC(=O)c1cccc(F)c1N1CC=C(C(F)(F)F)CC1. The number of nitrogens with zero attached hydrogens (tertiary/aromatic N) is 1. The number of hydrogen-bond donors (Lipinski definition) is 0. The molecule has 0 spiro atoms. The van der Waals surface area contributed by atoms with Crippen molar-refractivity contribution in [2.75, 3.05) is 18.0 Å². The largest absolute Gasteiger partial charge is 0.412 e. The summed E-state index contributed by atoms with van der Waals surface area (Å²) in [7, 11) is 0. The Balaban J connectivity index is 2.32. The van der Waals surface area contributed by atoms with Gasteiger partial charge in [-0.3, -0.25) is 4.79 Å². The summed E-state index contributed by atoms with van der Waals surface area (Å²) in [5, 5.41) is 0. The maximum absolute atomic E-state index is 13.9. The number of rotatable bonds is 2. The molecule has 1 aliphatic heterocycles. The minimum Gasteiger partial charge on any atom is -0.365 e. The van der Waals surface area contributed by atoms with Gasteiger partial charge in [0.25, 0.3) is 0 Å². The monoisotopic (exact) mass is 287 g/mol. The molecular weight excluding hydrogens is 274 g/mol. The van der Waals surface area contributed by atoms with Crippen molar-refractivity contribution >= 4 is 11.5 Å². The van der Waals surface area contributed by atoms with Crippen LogP contribution in [0.1, 0.15) is 23.7 Å². The first-order chi connectivity index (χ1) is 9.30. The molecule has 1 aromatic rings. The fraction of sp³-hybridized carbons (Fsp3) is 0.357. The lowest BCUT2D eigenvalue weighted by atomic mass is 10.0. The fourth-order valence-electron chi connectivity index (χ4n) is 2.25. The van der Waals surface area contributed by atoms with Gasteiger partial charge in [-0.15, -0.1) is 0 Å². The molecule has 1 aliphatic rings. The summed E-state index contributed by atoms with van der Waals surface area (Å²) in [6.45, 7) is 1.28. The predicted molar refractivity (Wildman–Crippen MR) is 67.4 cm³/mol. The number of hydrogen-bond acceptors (Lipinski definition) is 2. The lowest BCUT2D eigenvalue weighted by Gasteiger charge is -2.30. The number of halogens is 4. The maximum atomic E-state index is 13.9. The molecule has 0 fully saturated rings. The Morgan fingerprint density at radius 2 is 2.00 bits per heavy atom. The number of anilines is 1. The van der Waals surface area contributed by atoms with E-state index in [9.17, 15) is 22.4 Å². The van der Waals surface area contributed by atoms with Gasteiger partial charge in [-0.25, -0.2) is 4.39 Å². The third-order valence-electron chi connectivity index (χ3n) is 3.26. The number of carbonyl (C=O) groups is 1. The Hall–Kier alpha value is -1.85. The van der Waals surface area contributed by atoms with Gasteiger partial charge in [0.15, 0.2) is 5.78 Å². The zero-order valence-electron chi connectivity index (χ0n) is 10.8. The highest BCUT2D eigenvalue weighted by Gasteiger charge is 2.35. The maximum Gasteiger partial charge on any atom is 0.412 e. The van der Waals surface area contributed by atoms with Crippen LogP contribution in [0.3, 0.4) is 0 Å². The Labute approximate surface area is 113 Å². The normalized spacial score (nSPS) is 16.1. The first-order valence-corrected chi connectivity index (χ1v) is 6.11. The summed E-state index contributed by atoms with van der Waals surface area (Å²) in [5.74, 6) is -0.911. The minimum atomic E-state index is -4.34. The lowest BCUT2D eigenvalue weighted by Crippen LogP contribution is -2.33. The van der Waals surface area contributed by atoms with E-state index in [1.54, 1.807) is 0 Å². The molecule has 20 heavy (non-hydrogen) atoms. The van der Waals surface area contributed by atoms with Gasteiger partial charge in [0.05, 0.1) is 5.69 Å². The summed E-state index contributed by atoms with van der Waals surface area (Å²) < 4.78 is 51.5. The summed E-state index contributed by atoms with van der Waals surface area (Å²) in [6, 6.07) is 4.09.